The molecule has 19 heavy (non-hydrogen) atoms. The van der Waals surface area contributed by atoms with Gasteiger partial charge in [0.2, 0.25) is 0 Å². The highest BCUT2D eigenvalue weighted by Gasteiger charge is 2.13. The summed E-state index contributed by atoms with van der Waals surface area (Å²) in [5.41, 5.74) is 6.56. The smallest absolute Gasteiger partial charge is 0.162 e. The molecule has 1 aliphatic heterocycles. The minimum atomic E-state index is 0.572. The highest BCUT2D eigenvalue weighted by Crippen LogP contribution is 2.39. The molecule has 1 aliphatic rings. The van der Waals surface area contributed by atoms with Crippen LogP contribution in [-0.2, 0) is 0 Å². The highest BCUT2D eigenvalue weighted by molar-refractivity contribution is 7.99. The first kappa shape index (κ1) is 12.5. The lowest BCUT2D eigenvalue weighted by Gasteiger charge is -2.18. The maximum Gasteiger partial charge on any atom is 0.162 e. The molecule has 0 fully saturated rings. The van der Waals surface area contributed by atoms with Crippen LogP contribution in [-0.4, -0.2) is 13.2 Å². The van der Waals surface area contributed by atoms with Gasteiger partial charge in [-0.2, -0.15) is 0 Å². The Balaban J connectivity index is 1.89. The van der Waals surface area contributed by atoms with Crippen LogP contribution in [0.3, 0.4) is 0 Å². The van der Waals surface area contributed by atoms with Crippen LogP contribution >= 0.6 is 23.4 Å². The molecule has 2 aromatic rings. The van der Waals surface area contributed by atoms with Crippen molar-refractivity contribution in [3.8, 4) is 11.5 Å². The van der Waals surface area contributed by atoms with E-state index in [9.17, 15) is 0 Å². The molecule has 0 saturated heterocycles. The van der Waals surface area contributed by atoms with Gasteiger partial charge in [-0.3, -0.25) is 0 Å². The van der Waals surface area contributed by atoms with Gasteiger partial charge in [-0.25, -0.2) is 0 Å². The molecule has 0 bridgehead atoms. The van der Waals surface area contributed by atoms with E-state index in [1.165, 1.54) is 0 Å². The highest BCUT2D eigenvalue weighted by atomic mass is 35.5. The number of para-hydroxylation sites is 1. The van der Waals surface area contributed by atoms with Crippen molar-refractivity contribution < 1.29 is 9.47 Å². The van der Waals surface area contributed by atoms with Gasteiger partial charge in [0.15, 0.2) is 11.5 Å². The van der Waals surface area contributed by atoms with Crippen molar-refractivity contribution in [3.63, 3.8) is 0 Å². The van der Waals surface area contributed by atoms with Gasteiger partial charge in [0.25, 0.3) is 0 Å². The summed E-state index contributed by atoms with van der Waals surface area (Å²) < 4.78 is 11.1. The van der Waals surface area contributed by atoms with Gasteiger partial charge in [0, 0.05) is 9.79 Å². The van der Waals surface area contributed by atoms with E-state index in [4.69, 9.17) is 26.8 Å². The van der Waals surface area contributed by atoms with Crippen molar-refractivity contribution in [1.29, 1.82) is 0 Å². The number of ether oxygens (including phenoxy) is 2. The lowest BCUT2D eigenvalue weighted by Crippen LogP contribution is -2.15. The first-order valence-electron chi connectivity index (χ1n) is 5.85. The third kappa shape index (κ3) is 2.60. The van der Waals surface area contributed by atoms with Crippen LogP contribution in [0.25, 0.3) is 0 Å². The topological polar surface area (TPSA) is 44.5 Å². The Bertz CT molecular complexity index is 618. The van der Waals surface area contributed by atoms with Crippen LogP contribution in [0.2, 0.25) is 5.02 Å². The van der Waals surface area contributed by atoms with Crippen LogP contribution in [0.5, 0.6) is 11.5 Å². The molecule has 0 unspecified atom stereocenters. The molecule has 0 atom stereocenters. The molecule has 0 aromatic heterocycles. The van der Waals surface area contributed by atoms with E-state index >= 15 is 0 Å². The van der Waals surface area contributed by atoms with E-state index in [0.717, 1.165) is 21.3 Å². The molecular weight excluding hydrogens is 282 g/mol. The monoisotopic (exact) mass is 293 g/mol. The molecule has 0 saturated carbocycles. The van der Waals surface area contributed by atoms with Crippen molar-refractivity contribution in [2.75, 3.05) is 18.9 Å². The summed E-state index contributed by atoms with van der Waals surface area (Å²) >= 11 is 7.57. The fraction of sp³-hybridized carbons (Fsp3) is 0.143. The molecule has 0 aliphatic carbocycles. The minimum Gasteiger partial charge on any atom is -0.486 e. The Morgan fingerprint density at radius 1 is 1.05 bits per heavy atom. The Hall–Kier alpha value is -1.52. The molecule has 1 heterocycles. The van der Waals surface area contributed by atoms with Gasteiger partial charge in [-0.1, -0.05) is 29.4 Å². The van der Waals surface area contributed by atoms with E-state index in [-0.39, 0.29) is 0 Å². The molecule has 98 valence electrons. The van der Waals surface area contributed by atoms with Crippen molar-refractivity contribution in [1.82, 2.24) is 0 Å². The summed E-state index contributed by atoms with van der Waals surface area (Å²) in [5.74, 6) is 1.56. The van der Waals surface area contributed by atoms with Crippen molar-refractivity contribution in [2.45, 2.75) is 9.79 Å². The van der Waals surface area contributed by atoms with E-state index in [0.29, 0.717) is 23.9 Å². The molecule has 2 aromatic carbocycles. The number of hydrogen-bond donors (Lipinski definition) is 1. The third-order valence-electron chi connectivity index (χ3n) is 2.75. The minimum absolute atomic E-state index is 0.572. The molecule has 0 spiro atoms. The first-order chi connectivity index (χ1) is 9.24. The molecular formula is C14H12ClNO2S. The van der Waals surface area contributed by atoms with Gasteiger partial charge >= 0.3 is 0 Å². The Kier molecular flexibility index (Phi) is 3.44. The number of halogens is 1. The average Bonchev–Trinajstić information content (AvgIpc) is 2.44. The van der Waals surface area contributed by atoms with E-state index in [1.807, 2.05) is 30.3 Å². The SMILES string of the molecule is Nc1c(Cl)cccc1Sc1ccc2c(c1)OCCO2. The summed E-state index contributed by atoms with van der Waals surface area (Å²) in [6.07, 6.45) is 0. The number of rotatable bonds is 2. The molecule has 5 heteroatoms. The standard InChI is InChI=1S/C14H12ClNO2S/c15-10-2-1-3-13(14(10)16)19-9-4-5-11-12(8-9)18-7-6-17-11/h1-5,8H,6-7,16H2. The second-order valence-corrected chi connectivity index (χ2v) is 5.58. The van der Waals surface area contributed by atoms with Crippen molar-refractivity contribution in [3.05, 3.63) is 41.4 Å². The number of hydrogen-bond acceptors (Lipinski definition) is 4. The fourth-order valence-electron chi connectivity index (χ4n) is 1.82. The second-order valence-electron chi connectivity index (χ2n) is 4.06. The Morgan fingerprint density at radius 2 is 1.84 bits per heavy atom. The number of anilines is 1. The van der Waals surface area contributed by atoms with Crippen LogP contribution < -0.4 is 15.2 Å². The normalized spacial score (nSPS) is 13.3. The van der Waals surface area contributed by atoms with Crippen LogP contribution in [0, 0.1) is 0 Å². The summed E-state index contributed by atoms with van der Waals surface area (Å²) in [6, 6.07) is 11.5. The maximum absolute atomic E-state index is 6.01. The Labute approximate surface area is 120 Å². The lowest BCUT2D eigenvalue weighted by molar-refractivity contribution is 0.171. The molecule has 0 radical (unpaired) electrons. The molecule has 0 amide bonds. The van der Waals surface area contributed by atoms with E-state index in [2.05, 4.69) is 0 Å². The summed E-state index contributed by atoms with van der Waals surface area (Å²) in [5, 5.41) is 0.572. The Morgan fingerprint density at radius 3 is 2.68 bits per heavy atom. The van der Waals surface area contributed by atoms with Crippen LogP contribution in [0.1, 0.15) is 0 Å². The van der Waals surface area contributed by atoms with Gasteiger partial charge in [0.1, 0.15) is 13.2 Å². The molecule has 3 nitrogen and oxygen atoms in total. The number of nitrogens with two attached hydrogens (primary N) is 1. The number of nitrogen functional groups attached to an aromatic ring is 1. The third-order valence-corrected chi connectivity index (χ3v) is 4.15. The quantitative estimate of drug-likeness (QED) is 0.854. The van der Waals surface area contributed by atoms with Gasteiger partial charge in [-0.05, 0) is 30.3 Å². The molecule has 3 rings (SSSR count). The first-order valence-corrected chi connectivity index (χ1v) is 7.05. The van der Waals surface area contributed by atoms with Gasteiger partial charge in [-0.15, -0.1) is 0 Å². The fourth-order valence-corrected chi connectivity index (χ4v) is 2.97. The van der Waals surface area contributed by atoms with Gasteiger partial charge in [0.05, 0.1) is 10.7 Å². The maximum atomic E-state index is 6.01. The number of benzene rings is 2. The van der Waals surface area contributed by atoms with E-state index in [1.54, 1.807) is 17.8 Å². The predicted octanol–water partition coefficient (Wildman–Crippen LogP) is 3.84. The molecule has 2 N–H and O–H groups in total. The summed E-state index contributed by atoms with van der Waals surface area (Å²) in [4.78, 5) is 1.97. The average molecular weight is 294 g/mol. The van der Waals surface area contributed by atoms with Crippen LogP contribution in [0.4, 0.5) is 5.69 Å². The van der Waals surface area contributed by atoms with E-state index < -0.39 is 0 Å². The van der Waals surface area contributed by atoms with Crippen LogP contribution in [0.15, 0.2) is 46.2 Å². The largest absolute Gasteiger partial charge is 0.486 e. The lowest BCUT2D eigenvalue weighted by atomic mass is 10.3. The zero-order chi connectivity index (χ0) is 13.2. The van der Waals surface area contributed by atoms with Crippen molar-refractivity contribution >= 4 is 29.1 Å². The van der Waals surface area contributed by atoms with Crippen molar-refractivity contribution in [2.24, 2.45) is 0 Å². The zero-order valence-electron chi connectivity index (χ0n) is 10.1. The zero-order valence-corrected chi connectivity index (χ0v) is 11.6. The second kappa shape index (κ2) is 5.23. The summed E-state index contributed by atoms with van der Waals surface area (Å²) in [6.45, 7) is 1.18. The predicted molar refractivity (Wildman–Crippen MR) is 77.4 cm³/mol. The van der Waals surface area contributed by atoms with Gasteiger partial charge < -0.3 is 15.2 Å². The summed E-state index contributed by atoms with van der Waals surface area (Å²) in [7, 11) is 0. The number of fused-ring (bicyclic) bond motifs is 1.